The van der Waals surface area contributed by atoms with Crippen molar-refractivity contribution in [2.45, 2.75) is 76.8 Å². The van der Waals surface area contributed by atoms with Crippen molar-refractivity contribution in [2.75, 3.05) is 13.2 Å². The Labute approximate surface area is 165 Å². The fourth-order valence-corrected chi connectivity index (χ4v) is 7.05. The van der Waals surface area contributed by atoms with Crippen molar-refractivity contribution in [1.82, 2.24) is 0 Å². The molecule has 4 aliphatic rings. The third-order valence-electron chi connectivity index (χ3n) is 7.96. The van der Waals surface area contributed by atoms with E-state index >= 15 is 0 Å². The van der Waals surface area contributed by atoms with Gasteiger partial charge in [-0.25, -0.2) is 0 Å². The zero-order valence-corrected chi connectivity index (χ0v) is 17.2. The van der Waals surface area contributed by atoms with Crippen molar-refractivity contribution in [3.05, 3.63) is 11.3 Å². The van der Waals surface area contributed by atoms with E-state index < -0.39 is 51.8 Å². The number of rotatable bonds is 4. The van der Waals surface area contributed by atoms with Crippen molar-refractivity contribution in [1.29, 1.82) is 0 Å². The summed E-state index contributed by atoms with van der Waals surface area (Å²) in [4.78, 5) is 26.0. The number of carbonyl (C=O) groups is 2. The SMILES string of the molecule is CCOC1C(C)CCC2(OCC)C3(C)CC(=O)OC12C1(O)C(C)=C(O)C(=O)C31. The van der Waals surface area contributed by atoms with E-state index in [4.69, 9.17) is 14.2 Å². The highest BCUT2D eigenvalue weighted by Crippen LogP contribution is 2.75. The molecular formula is C21H30O7. The van der Waals surface area contributed by atoms with E-state index in [2.05, 4.69) is 0 Å². The Morgan fingerprint density at radius 1 is 1.25 bits per heavy atom. The number of allylic oxidation sites excluding steroid dienone is 1. The second kappa shape index (κ2) is 5.80. The summed E-state index contributed by atoms with van der Waals surface area (Å²) < 4.78 is 18.6. The van der Waals surface area contributed by atoms with Crippen molar-refractivity contribution in [2.24, 2.45) is 17.3 Å². The minimum absolute atomic E-state index is 0.0305. The number of hydrogen-bond acceptors (Lipinski definition) is 7. The number of carbonyl (C=O) groups excluding carboxylic acids is 2. The Morgan fingerprint density at radius 3 is 2.54 bits per heavy atom. The zero-order valence-electron chi connectivity index (χ0n) is 17.2. The summed E-state index contributed by atoms with van der Waals surface area (Å²) in [5.74, 6) is -2.51. The Kier molecular flexibility index (Phi) is 4.11. The smallest absolute Gasteiger partial charge is 0.307 e. The third-order valence-corrected chi connectivity index (χ3v) is 7.96. The number of hydrogen-bond donors (Lipinski definition) is 2. The second-order valence-electron chi connectivity index (χ2n) is 8.99. The summed E-state index contributed by atoms with van der Waals surface area (Å²) in [5.41, 5.74) is -5.43. The number of Topliss-reactive ketones (excluding diaryl/α,β-unsaturated/α-hetero) is 1. The molecule has 3 aliphatic carbocycles. The summed E-state index contributed by atoms with van der Waals surface area (Å²) in [6.45, 7) is 9.77. The second-order valence-corrected chi connectivity index (χ2v) is 8.99. The van der Waals surface area contributed by atoms with Crippen LogP contribution in [0.15, 0.2) is 11.3 Å². The summed E-state index contributed by atoms with van der Waals surface area (Å²) in [5, 5.41) is 22.7. The van der Waals surface area contributed by atoms with Gasteiger partial charge in [-0.15, -0.1) is 0 Å². The van der Waals surface area contributed by atoms with Gasteiger partial charge in [0.05, 0.1) is 12.3 Å². The predicted molar refractivity (Wildman–Crippen MR) is 98.5 cm³/mol. The van der Waals surface area contributed by atoms with Gasteiger partial charge in [0.2, 0.25) is 11.4 Å². The van der Waals surface area contributed by atoms with Gasteiger partial charge in [-0.05, 0) is 39.5 Å². The molecule has 7 heteroatoms. The number of ether oxygens (including phenoxy) is 3. The lowest BCUT2D eigenvalue weighted by molar-refractivity contribution is -0.325. The number of aliphatic hydroxyl groups excluding tert-OH is 1. The largest absolute Gasteiger partial charge is 0.504 e. The fourth-order valence-electron chi connectivity index (χ4n) is 7.05. The molecular weight excluding hydrogens is 364 g/mol. The van der Waals surface area contributed by atoms with Crippen molar-refractivity contribution >= 4 is 11.8 Å². The monoisotopic (exact) mass is 394 g/mol. The standard InChI is InChI=1S/C21H30O7/c1-6-26-17-11(3)8-9-19(27-7-2)18(5)10-13(22)28-21(17,19)20(25)12(4)14(23)15(24)16(18)20/h11,16-17,23,25H,6-10H2,1-5H3. The molecule has 1 aliphatic heterocycles. The highest BCUT2D eigenvalue weighted by molar-refractivity contribution is 6.03. The quantitative estimate of drug-likeness (QED) is 0.704. The molecule has 0 aromatic rings. The average Bonchev–Trinajstić information content (AvgIpc) is 2.84. The van der Waals surface area contributed by atoms with E-state index in [0.717, 1.165) is 6.42 Å². The Hall–Kier alpha value is -1.44. The molecule has 28 heavy (non-hydrogen) atoms. The Bertz CT molecular complexity index is 775. The van der Waals surface area contributed by atoms with Crippen LogP contribution in [-0.4, -0.2) is 58.1 Å². The van der Waals surface area contributed by atoms with Crippen molar-refractivity contribution < 1.29 is 34.0 Å². The van der Waals surface area contributed by atoms with E-state index in [1.165, 1.54) is 0 Å². The van der Waals surface area contributed by atoms with E-state index in [0.29, 0.717) is 19.6 Å². The zero-order chi connectivity index (χ0) is 20.7. The van der Waals surface area contributed by atoms with Crippen LogP contribution in [-0.2, 0) is 23.8 Å². The highest BCUT2D eigenvalue weighted by atomic mass is 16.6. The van der Waals surface area contributed by atoms with E-state index in [-0.39, 0.29) is 17.9 Å². The molecule has 7 atom stereocenters. The maximum Gasteiger partial charge on any atom is 0.307 e. The van der Waals surface area contributed by atoms with Gasteiger partial charge in [0.1, 0.15) is 17.3 Å². The molecule has 1 heterocycles. The predicted octanol–water partition coefficient (Wildman–Crippen LogP) is 2.06. The van der Waals surface area contributed by atoms with E-state index in [1.807, 2.05) is 27.7 Å². The number of fused-ring (bicyclic) bond motifs is 2. The van der Waals surface area contributed by atoms with Crippen LogP contribution < -0.4 is 0 Å². The summed E-state index contributed by atoms with van der Waals surface area (Å²) in [6, 6.07) is 0. The van der Waals surface area contributed by atoms with Crippen LogP contribution in [0.1, 0.15) is 53.9 Å². The topological polar surface area (TPSA) is 102 Å². The van der Waals surface area contributed by atoms with Gasteiger partial charge >= 0.3 is 5.97 Å². The Morgan fingerprint density at radius 2 is 1.93 bits per heavy atom. The van der Waals surface area contributed by atoms with Gasteiger partial charge in [0.25, 0.3) is 0 Å². The molecule has 0 radical (unpaired) electrons. The minimum atomic E-state index is -1.88. The van der Waals surface area contributed by atoms with Crippen molar-refractivity contribution in [3.8, 4) is 0 Å². The molecule has 2 bridgehead atoms. The van der Waals surface area contributed by atoms with Crippen LogP contribution in [0.5, 0.6) is 0 Å². The molecule has 1 saturated heterocycles. The highest BCUT2D eigenvalue weighted by Gasteiger charge is 2.92. The van der Waals surface area contributed by atoms with E-state index in [1.54, 1.807) is 6.92 Å². The molecule has 2 saturated carbocycles. The molecule has 0 amide bonds. The third kappa shape index (κ3) is 1.74. The first-order valence-corrected chi connectivity index (χ1v) is 10.2. The molecule has 7 nitrogen and oxygen atoms in total. The van der Waals surface area contributed by atoms with Gasteiger partial charge < -0.3 is 24.4 Å². The molecule has 0 spiro atoms. The van der Waals surface area contributed by atoms with Gasteiger partial charge in [-0.2, -0.15) is 0 Å². The van der Waals surface area contributed by atoms with Gasteiger partial charge in [-0.3, -0.25) is 9.59 Å². The first-order chi connectivity index (χ1) is 13.1. The Balaban J connectivity index is 2.11. The van der Waals surface area contributed by atoms with Gasteiger partial charge in [0, 0.05) is 24.2 Å². The van der Waals surface area contributed by atoms with E-state index in [9.17, 15) is 19.8 Å². The van der Waals surface area contributed by atoms with Crippen LogP contribution in [0.3, 0.4) is 0 Å². The van der Waals surface area contributed by atoms with Crippen LogP contribution in [0.4, 0.5) is 0 Å². The van der Waals surface area contributed by atoms with Crippen LogP contribution >= 0.6 is 0 Å². The molecule has 7 unspecified atom stereocenters. The molecule has 2 N–H and O–H groups in total. The van der Waals surface area contributed by atoms with Gasteiger partial charge in [-0.1, -0.05) is 13.8 Å². The lowest BCUT2D eigenvalue weighted by Gasteiger charge is -2.62. The summed E-state index contributed by atoms with van der Waals surface area (Å²) in [6.07, 6.45) is 0.576. The molecule has 4 rings (SSSR count). The molecule has 156 valence electrons. The van der Waals surface area contributed by atoms with Crippen LogP contribution in [0.25, 0.3) is 0 Å². The lowest BCUT2D eigenvalue weighted by atomic mass is 9.55. The summed E-state index contributed by atoms with van der Waals surface area (Å²) in [7, 11) is 0. The number of aliphatic hydroxyl groups is 2. The molecule has 0 aromatic heterocycles. The molecule has 3 fully saturated rings. The van der Waals surface area contributed by atoms with Gasteiger partial charge in [0.15, 0.2) is 5.76 Å². The normalized spacial score (nSPS) is 49.9. The lowest BCUT2D eigenvalue weighted by Crippen LogP contribution is -2.78. The number of esters is 1. The van der Waals surface area contributed by atoms with Crippen LogP contribution in [0.2, 0.25) is 0 Å². The fraction of sp³-hybridized carbons (Fsp3) is 0.810. The number of ketones is 1. The van der Waals surface area contributed by atoms with Crippen molar-refractivity contribution in [3.63, 3.8) is 0 Å². The van der Waals surface area contributed by atoms with Crippen LogP contribution in [0, 0.1) is 17.3 Å². The average molecular weight is 394 g/mol. The first-order valence-electron chi connectivity index (χ1n) is 10.2. The summed E-state index contributed by atoms with van der Waals surface area (Å²) >= 11 is 0. The minimum Gasteiger partial charge on any atom is -0.504 e. The molecule has 0 aromatic carbocycles. The first kappa shape index (κ1) is 19.9. The maximum atomic E-state index is 13.2. The maximum absolute atomic E-state index is 13.2.